The SMILES string of the molecule is CCCCCCCCCCCCC[C@H](/C=C/[C@@H](N)CO)OC. The van der Waals surface area contributed by atoms with Crippen molar-refractivity contribution in [2.75, 3.05) is 13.7 Å². The number of rotatable bonds is 16. The lowest BCUT2D eigenvalue weighted by molar-refractivity contribution is 0.130. The zero-order chi connectivity index (χ0) is 16.5. The van der Waals surface area contributed by atoms with E-state index >= 15 is 0 Å². The molecule has 0 radical (unpaired) electrons. The van der Waals surface area contributed by atoms with E-state index in [9.17, 15) is 0 Å². The molecule has 132 valence electrons. The van der Waals surface area contributed by atoms with Crippen molar-refractivity contribution in [2.24, 2.45) is 5.73 Å². The third-order valence-corrected chi connectivity index (χ3v) is 4.18. The number of aliphatic hydroxyl groups excluding tert-OH is 1. The molecule has 0 aliphatic rings. The predicted molar refractivity (Wildman–Crippen MR) is 96.1 cm³/mol. The van der Waals surface area contributed by atoms with Crippen molar-refractivity contribution in [1.82, 2.24) is 0 Å². The first-order chi connectivity index (χ1) is 10.7. The first-order valence-electron chi connectivity index (χ1n) is 9.32. The van der Waals surface area contributed by atoms with Crippen LogP contribution in [0.15, 0.2) is 12.2 Å². The van der Waals surface area contributed by atoms with Crippen LogP contribution in [0.1, 0.15) is 84.0 Å². The first kappa shape index (κ1) is 21.6. The molecule has 0 aromatic rings. The summed E-state index contributed by atoms with van der Waals surface area (Å²) in [4.78, 5) is 0. The number of ether oxygens (including phenoxy) is 1. The highest BCUT2D eigenvalue weighted by molar-refractivity contribution is 4.96. The Bertz CT molecular complexity index is 244. The summed E-state index contributed by atoms with van der Waals surface area (Å²) in [6.45, 7) is 2.26. The predicted octanol–water partition coefficient (Wildman–Crippen LogP) is 4.58. The fraction of sp³-hybridized carbons (Fsp3) is 0.895. The minimum absolute atomic E-state index is 0.00855. The number of hydrogen-bond donors (Lipinski definition) is 2. The Morgan fingerprint density at radius 2 is 1.36 bits per heavy atom. The van der Waals surface area contributed by atoms with Gasteiger partial charge < -0.3 is 15.6 Å². The fourth-order valence-electron chi connectivity index (χ4n) is 2.63. The van der Waals surface area contributed by atoms with E-state index in [4.69, 9.17) is 15.6 Å². The molecule has 0 spiro atoms. The van der Waals surface area contributed by atoms with Crippen LogP contribution in [0, 0.1) is 0 Å². The molecule has 22 heavy (non-hydrogen) atoms. The molecule has 0 fully saturated rings. The third kappa shape index (κ3) is 14.6. The summed E-state index contributed by atoms with van der Waals surface area (Å²) in [6.07, 6.45) is 20.0. The smallest absolute Gasteiger partial charge is 0.0752 e. The summed E-state index contributed by atoms with van der Waals surface area (Å²) < 4.78 is 5.41. The lowest BCUT2D eigenvalue weighted by atomic mass is 10.0. The second kappa shape index (κ2) is 17.0. The number of unbranched alkanes of at least 4 members (excludes halogenated alkanes) is 10. The van der Waals surface area contributed by atoms with Crippen molar-refractivity contribution in [3.05, 3.63) is 12.2 Å². The van der Waals surface area contributed by atoms with Crippen molar-refractivity contribution in [1.29, 1.82) is 0 Å². The van der Waals surface area contributed by atoms with Crippen LogP contribution in [-0.4, -0.2) is 31.0 Å². The topological polar surface area (TPSA) is 55.5 Å². The summed E-state index contributed by atoms with van der Waals surface area (Å²) >= 11 is 0. The van der Waals surface area contributed by atoms with E-state index in [1.54, 1.807) is 7.11 Å². The van der Waals surface area contributed by atoms with Gasteiger partial charge in [0.25, 0.3) is 0 Å². The van der Waals surface area contributed by atoms with E-state index in [0.717, 1.165) is 6.42 Å². The molecule has 0 saturated carbocycles. The Labute approximate surface area is 138 Å². The van der Waals surface area contributed by atoms with Crippen LogP contribution >= 0.6 is 0 Å². The van der Waals surface area contributed by atoms with Crippen molar-refractivity contribution < 1.29 is 9.84 Å². The molecule has 0 saturated heterocycles. The van der Waals surface area contributed by atoms with E-state index in [1.807, 2.05) is 12.2 Å². The normalized spacial score (nSPS) is 14.5. The van der Waals surface area contributed by atoms with Crippen molar-refractivity contribution in [3.63, 3.8) is 0 Å². The number of nitrogens with two attached hydrogens (primary N) is 1. The Morgan fingerprint density at radius 1 is 0.864 bits per heavy atom. The number of aliphatic hydroxyl groups is 1. The molecule has 0 aliphatic carbocycles. The van der Waals surface area contributed by atoms with Crippen LogP contribution in [-0.2, 0) is 4.74 Å². The molecule has 0 aromatic carbocycles. The van der Waals surface area contributed by atoms with Crippen LogP contribution in [0.3, 0.4) is 0 Å². The van der Waals surface area contributed by atoms with Gasteiger partial charge >= 0.3 is 0 Å². The van der Waals surface area contributed by atoms with Crippen molar-refractivity contribution in [3.8, 4) is 0 Å². The maximum Gasteiger partial charge on any atom is 0.0752 e. The van der Waals surface area contributed by atoms with Gasteiger partial charge in [0, 0.05) is 13.2 Å². The summed E-state index contributed by atoms with van der Waals surface area (Å²) in [5, 5.41) is 8.88. The highest BCUT2D eigenvalue weighted by Crippen LogP contribution is 2.13. The lowest BCUT2D eigenvalue weighted by Gasteiger charge is -2.11. The van der Waals surface area contributed by atoms with Crippen molar-refractivity contribution in [2.45, 2.75) is 96.1 Å². The molecule has 0 heterocycles. The lowest BCUT2D eigenvalue weighted by Crippen LogP contribution is -2.22. The van der Waals surface area contributed by atoms with E-state index in [-0.39, 0.29) is 18.8 Å². The fourth-order valence-corrected chi connectivity index (χ4v) is 2.63. The van der Waals surface area contributed by atoms with Gasteiger partial charge in [0.2, 0.25) is 0 Å². The highest BCUT2D eigenvalue weighted by atomic mass is 16.5. The Hall–Kier alpha value is -0.380. The second-order valence-corrected chi connectivity index (χ2v) is 6.33. The molecule has 3 N–H and O–H groups in total. The van der Waals surface area contributed by atoms with Crippen LogP contribution in [0.2, 0.25) is 0 Å². The van der Waals surface area contributed by atoms with Gasteiger partial charge in [0.05, 0.1) is 12.7 Å². The standard InChI is InChI=1S/C19H39NO2/c1-3-4-5-6-7-8-9-10-11-12-13-14-19(22-2)16-15-18(20)17-21/h15-16,18-19,21H,3-14,17,20H2,1-2H3/b16-15+/t18-,19-/m1/s1. The molecule has 0 rings (SSSR count). The Morgan fingerprint density at radius 3 is 1.82 bits per heavy atom. The van der Waals surface area contributed by atoms with Crippen molar-refractivity contribution >= 4 is 0 Å². The zero-order valence-corrected chi connectivity index (χ0v) is 14.9. The van der Waals surface area contributed by atoms with Gasteiger partial charge in [0.15, 0.2) is 0 Å². The zero-order valence-electron chi connectivity index (χ0n) is 14.9. The van der Waals surface area contributed by atoms with Gasteiger partial charge in [-0.05, 0) is 6.42 Å². The number of hydrogen-bond acceptors (Lipinski definition) is 3. The van der Waals surface area contributed by atoms with Gasteiger partial charge in [-0.2, -0.15) is 0 Å². The third-order valence-electron chi connectivity index (χ3n) is 4.18. The summed E-state index contributed by atoms with van der Waals surface area (Å²) in [6, 6.07) is -0.269. The van der Waals surface area contributed by atoms with E-state index < -0.39 is 0 Å². The minimum atomic E-state index is -0.269. The molecule has 0 bridgehead atoms. The molecule has 2 atom stereocenters. The first-order valence-corrected chi connectivity index (χ1v) is 9.32. The maximum atomic E-state index is 8.88. The summed E-state index contributed by atoms with van der Waals surface area (Å²) in [5.74, 6) is 0. The van der Waals surface area contributed by atoms with Gasteiger partial charge in [-0.3, -0.25) is 0 Å². The Kier molecular flexibility index (Phi) is 16.7. The van der Waals surface area contributed by atoms with Crippen LogP contribution < -0.4 is 5.73 Å². The van der Waals surface area contributed by atoms with Gasteiger partial charge in [0.1, 0.15) is 0 Å². The molecule has 3 nitrogen and oxygen atoms in total. The van der Waals surface area contributed by atoms with Crippen LogP contribution in [0.25, 0.3) is 0 Å². The monoisotopic (exact) mass is 313 g/mol. The van der Waals surface area contributed by atoms with Crippen LogP contribution in [0.4, 0.5) is 0 Å². The average molecular weight is 314 g/mol. The molecular formula is C19H39NO2. The van der Waals surface area contributed by atoms with E-state index in [2.05, 4.69) is 6.92 Å². The minimum Gasteiger partial charge on any atom is -0.394 e. The summed E-state index contributed by atoms with van der Waals surface area (Å²) in [5.41, 5.74) is 5.64. The van der Waals surface area contributed by atoms with Gasteiger partial charge in [-0.1, -0.05) is 89.7 Å². The molecule has 0 aromatic heterocycles. The second-order valence-electron chi connectivity index (χ2n) is 6.33. The average Bonchev–Trinajstić information content (AvgIpc) is 2.54. The summed E-state index contributed by atoms with van der Waals surface area (Å²) in [7, 11) is 1.73. The van der Waals surface area contributed by atoms with Gasteiger partial charge in [-0.15, -0.1) is 0 Å². The van der Waals surface area contributed by atoms with E-state index in [1.165, 1.54) is 70.6 Å². The highest BCUT2D eigenvalue weighted by Gasteiger charge is 2.03. The molecule has 0 unspecified atom stereocenters. The van der Waals surface area contributed by atoms with Gasteiger partial charge in [-0.25, -0.2) is 0 Å². The molecule has 0 amide bonds. The van der Waals surface area contributed by atoms with Crippen LogP contribution in [0.5, 0.6) is 0 Å². The molecule has 0 aliphatic heterocycles. The number of methoxy groups -OCH3 is 1. The quantitative estimate of drug-likeness (QED) is 0.324. The molecule has 3 heteroatoms. The molecular weight excluding hydrogens is 274 g/mol. The van der Waals surface area contributed by atoms with E-state index in [0.29, 0.717) is 0 Å². The largest absolute Gasteiger partial charge is 0.394 e. The maximum absolute atomic E-state index is 8.88. The Balaban J connectivity index is 3.38.